The van der Waals surface area contributed by atoms with E-state index in [1.165, 1.54) is 5.56 Å². The smallest absolute Gasteiger partial charge is 0.228 e. The molecular weight excluding hydrogens is 462 g/mol. The predicted octanol–water partition coefficient (Wildman–Crippen LogP) is 5.16. The molecule has 3 aromatic heterocycles. The molecule has 1 aliphatic rings. The molecule has 0 radical (unpaired) electrons. The Labute approximate surface area is 209 Å². The van der Waals surface area contributed by atoms with E-state index in [9.17, 15) is 4.79 Å². The maximum absolute atomic E-state index is 12.6. The molecule has 1 atom stereocenters. The Morgan fingerprint density at radius 1 is 1.20 bits per heavy atom. The molecule has 1 unspecified atom stereocenters. The molecule has 0 aliphatic carbocycles. The van der Waals surface area contributed by atoms with Gasteiger partial charge in [0.05, 0.1) is 28.1 Å². The van der Waals surface area contributed by atoms with Gasteiger partial charge in [-0.25, -0.2) is 14.5 Å². The molecule has 5 rings (SSSR count). The van der Waals surface area contributed by atoms with Crippen molar-refractivity contribution in [3.63, 3.8) is 0 Å². The molecule has 0 spiro atoms. The fourth-order valence-corrected chi connectivity index (χ4v) is 4.59. The zero-order chi connectivity index (χ0) is 24.7. The van der Waals surface area contributed by atoms with Crippen LogP contribution in [0.25, 0.3) is 16.8 Å². The lowest BCUT2D eigenvalue weighted by Gasteiger charge is -2.36. The first-order chi connectivity index (χ1) is 16.7. The molecule has 1 saturated heterocycles. The van der Waals surface area contributed by atoms with Gasteiger partial charge in [0.25, 0.3) is 0 Å². The van der Waals surface area contributed by atoms with Gasteiger partial charge >= 0.3 is 0 Å². The average molecular weight is 490 g/mol. The summed E-state index contributed by atoms with van der Waals surface area (Å²) in [5.41, 5.74) is 11.1. The number of halogens is 1. The molecule has 1 fully saturated rings. The van der Waals surface area contributed by atoms with Crippen LogP contribution in [0.5, 0.6) is 0 Å². The van der Waals surface area contributed by atoms with Gasteiger partial charge in [-0.2, -0.15) is 5.10 Å². The lowest BCUT2D eigenvalue weighted by Crippen LogP contribution is -2.51. The van der Waals surface area contributed by atoms with E-state index >= 15 is 0 Å². The highest BCUT2D eigenvalue weighted by Gasteiger charge is 2.32. The van der Waals surface area contributed by atoms with E-state index in [0.717, 1.165) is 28.9 Å². The average Bonchev–Trinajstić information content (AvgIpc) is 3.24. The number of amides is 1. The van der Waals surface area contributed by atoms with Crippen molar-refractivity contribution in [2.24, 2.45) is 5.73 Å². The summed E-state index contributed by atoms with van der Waals surface area (Å²) >= 11 is 6.57. The van der Waals surface area contributed by atoms with E-state index in [0.29, 0.717) is 35.5 Å². The molecule has 1 amide bonds. The van der Waals surface area contributed by atoms with E-state index in [1.54, 1.807) is 17.2 Å². The molecular formula is C26H28ClN7O. The van der Waals surface area contributed by atoms with Gasteiger partial charge in [-0.1, -0.05) is 25.4 Å². The van der Waals surface area contributed by atoms with Crippen LogP contribution in [0.15, 0.2) is 55.0 Å². The first-order valence-electron chi connectivity index (χ1n) is 11.7. The summed E-state index contributed by atoms with van der Waals surface area (Å²) in [4.78, 5) is 23.3. The van der Waals surface area contributed by atoms with Crippen molar-refractivity contribution < 1.29 is 4.79 Å². The van der Waals surface area contributed by atoms with Gasteiger partial charge in [0, 0.05) is 47.7 Å². The number of aromatic nitrogens is 4. The second kappa shape index (κ2) is 8.94. The molecule has 9 heteroatoms. The van der Waals surface area contributed by atoms with Crippen molar-refractivity contribution >= 4 is 40.3 Å². The van der Waals surface area contributed by atoms with E-state index in [4.69, 9.17) is 22.3 Å². The van der Waals surface area contributed by atoms with Gasteiger partial charge in [0.2, 0.25) is 11.9 Å². The Kier molecular flexibility index (Phi) is 5.94. The molecule has 35 heavy (non-hydrogen) atoms. The summed E-state index contributed by atoms with van der Waals surface area (Å²) in [6.45, 7) is 6.79. The number of nitrogens with two attached hydrogens (primary N) is 1. The molecule has 0 bridgehead atoms. The van der Waals surface area contributed by atoms with Crippen LogP contribution in [0.2, 0.25) is 5.02 Å². The standard InChI is InChI=1S/C26H28ClN7O/c1-16(2)19-15-30-34-10-7-17(12-23(19)34)21-6-9-29-25(31-21)32-22-5-4-18(13-20(22)27)33-11-8-26(3,28)14-24(33)35/h4-7,9-10,12-13,15-16H,8,11,14,28H2,1-3H3,(H,29,31,32). The second-order valence-electron chi connectivity index (χ2n) is 9.68. The molecule has 180 valence electrons. The minimum atomic E-state index is -0.458. The molecule has 0 saturated carbocycles. The third-order valence-electron chi connectivity index (χ3n) is 6.40. The van der Waals surface area contributed by atoms with Crippen molar-refractivity contribution in [2.75, 3.05) is 16.8 Å². The van der Waals surface area contributed by atoms with Crippen LogP contribution in [-0.2, 0) is 4.79 Å². The van der Waals surface area contributed by atoms with Gasteiger partial charge < -0.3 is 16.0 Å². The molecule has 4 heterocycles. The molecule has 3 N–H and O–H groups in total. The fourth-order valence-electron chi connectivity index (χ4n) is 4.37. The van der Waals surface area contributed by atoms with Crippen LogP contribution < -0.4 is 16.0 Å². The Hall–Kier alpha value is -3.49. The number of nitrogens with one attached hydrogen (secondary N) is 1. The minimum absolute atomic E-state index is 0.00448. The number of nitrogens with zero attached hydrogens (tertiary/aromatic N) is 5. The number of piperidine rings is 1. The summed E-state index contributed by atoms with van der Waals surface area (Å²) in [5.74, 6) is 0.808. The maximum Gasteiger partial charge on any atom is 0.228 e. The Balaban J connectivity index is 1.38. The number of hydrogen-bond donors (Lipinski definition) is 2. The van der Waals surface area contributed by atoms with Crippen molar-refractivity contribution in [3.05, 3.63) is 65.6 Å². The highest BCUT2D eigenvalue weighted by molar-refractivity contribution is 6.33. The fraction of sp³-hybridized carbons (Fsp3) is 0.308. The zero-order valence-corrected chi connectivity index (χ0v) is 20.8. The van der Waals surface area contributed by atoms with Crippen molar-refractivity contribution in [3.8, 4) is 11.3 Å². The van der Waals surface area contributed by atoms with Crippen LogP contribution in [0.3, 0.4) is 0 Å². The van der Waals surface area contributed by atoms with Crippen LogP contribution in [0.4, 0.5) is 17.3 Å². The van der Waals surface area contributed by atoms with Crippen LogP contribution in [-0.4, -0.2) is 37.6 Å². The quantitative estimate of drug-likeness (QED) is 0.401. The maximum atomic E-state index is 12.6. The summed E-state index contributed by atoms with van der Waals surface area (Å²) < 4.78 is 1.88. The number of rotatable bonds is 5. The summed E-state index contributed by atoms with van der Waals surface area (Å²) in [6.07, 6.45) is 6.62. The molecule has 1 aliphatic heterocycles. The normalized spacial score (nSPS) is 18.5. The first-order valence-corrected chi connectivity index (χ1v) is 12.0. The number of carbonyl (C=O) groups is 1. The second-order valence-corrected chi connectivity index (χ2v) is 10.1. The third-order valence-corrected chi connectivity index (χ3v) is 6.71. The minimum Gasteiger partial charge on any atom is -0.325 e. The van der Waals surface area contributed by atoms with Gasteiger partial charge in [-0.15, -0.1) is 0 Å². The highest BCUT2D eigenvalue weighted by Crippen LogP contribution is 2.32. The van der Waals surface area contributed by atoms with Crippen molar-refractivity contribution in [1.82, 2.24) is 19.6 Å². The number of anilines is 3. The zero-order valence-electron chi connectivity index (χ0n) is 20.0. The van der Waals surface area contributed by atoms with Gasteiger partial charge in [-0.05, 0) is 55.7 Å². The monoisotopic (exact) mass is 489 g/mol. The van der Waals surface area contributed by atoms with E-state index in [1.807, 2.05) is 48.1 Å². The Morgan fingerprint density at radius 3 is 2.77 bits per heavy atom. The molecule has 4 aromatic rings. The molecule has 1 aromatic carbocycles. The topological polar surface area (TPSA) is 101 Å². The van der Waals surface area contributed by atoms with Crippen molar-refractivity contribution in [1.29, 1.82) is 0 Å². The lowest BCUT2D eigenvalue weighted by molar-refractivity contribution is -0.120. The number of hydrogen-bond acceptors (Lipinski definition) is 6. The predicted molar refractivity (Wildman–Crippen MR) is 139 cm³/mol. The molecule has 8 nitrogen and oxygen atoms in total. The lowest BCUT2D eigenvalue weighted by atomic mass is 9.90. The van der Waals surface area contributed by atoms with Gasteiger partial charge in [-0.3, -0.25) is 4.79 Å². The van der Waals surface area contributed by atoms with Crippen LogP contribution in [0.1, 0.15) is 45.1 Å². The third kappa shape index (κ3) is 4.72. The number of carbonyl (C=O) groups excluding carboxylic acids is 1. The van der Waals surface area contributed by atoms with Crippen molar-refractivity contribution in [2.45, 2.75) is 45.1 Å². The van der Waals surface area contributed by atoms with E-state index in [2.05, 4.69) is 35.3 Å². The van der Waals surface area contributed by atoms with E-state index < -0.39 is 5.54 Å². The number of fused-ring (bicyclic) bond motifs is 1. The summed E-state index contributed by atoms with van der Waals surface area (Å²) in [6, 6.07) is 11.4. The SMILES string of the molecule is CC(C)c1cnn2ccc(-c3ccnc(Nc4ccc(N5CCC(C)(N)CC5=O)cc4Cl)n3)cc12. The van der Waals surface area contributed by atoms with E-state index in [-0.39, 0.29) is 5.91 Å². The Bertz CT molecular complexity index is 1410. The number of pyridine rings is 1. The first kappa shape index (κ1) is 23.3. The van der Waals surface area contributed by atoms with Crippen LogP contribution >= 0.6 is 11.6 Å². The number of benzene rings is 1. The highest BCUT2D eigenvalue weighted by atomic mass is 35.5. The van der Waals surface area contributed by atoms with Gasteiger partial charge in [0.1, 0.15) is 0 Å². The van der Waals surface area contributed by atoms with Gasteiger partial charge in [0.15, 0.2) is 0 Å². The van der Waals surface area contributed by atoms with Crippen LogP contribution in [0, 0.1) is 0 Å². The largest absolute Gasteiger partial charge is 0.325 e. The Morgan fingerprint density at radius 2 is 2.03 bits per heavy atom. The summed E-state index contributed by atoms with van der Waals surface area (Å²) in [7, 11) is 0. The summed E-state index contributed by atoms with van der Waals surface area (Å²) in [5, 5.41) is 8.12.